The molecule has 0 saturated heterocycles. The molecule has 0 bridgehead atoms. The largest absolute Gasteiger partial charge is 0.323 e. The Bertz CT molecular complexity index is 1170. The van der Waals surface area contributed by atoms with Crippen molar-refractivity contribution in [2.24, 2.45) is 0 Å². The number of halogens is 1. The van der Waals surface area contributed by atoms with E-state index in [1.165, 1.54) is 18.2 Å². The normalized spacial score (nSPS) is 20.8. The molecule has 0 unspecified atom stereocenters. The molecule has 0 saturated carbocycles. The minimum atomic E-state index is -3.67. The number of nitrogens with one attached hydrogen (secondary N) is 2. The molecule has 0 aliphatic carbocycles. The van der Waals surface area contributed by atoms with Crippen LogP contribution in [0.2, 0.25) is 5.02 Å². The zero-order valence-corrected chi connectivity index (χ0v) is 15.9. The summed E-state index contributed by atoms with van der Waals surface area (Å²) in [4.78, 5) is 17.4. The molecule has 2 heterocycles. The number of amides is 1. The van der Waals surface area contributed by atoms with Gasteiger partial charge in [0.05, 0.1) is 22.2 Å². The number of nitrogens with zero attached hydrogens (tertiary/aromatic N) is 1. The number of hydrogen-bond acceptors (Lipinski definition) is 4. The molecule has 4 rings (SSSR count). The number of rotatable bonds is 2. The number of benzene rings is 2. The van der Waals surface area contributed by atoms with E-state index in [0.29, 0.717) is 16.3 Å². The van der Waals surface area contributed by atoms with E-state index in [1.807, 2.05) is 24.3 Å². The summed E-state index contributed by atoms with van der Waals surface area (Å²) in [5.74, 6) is -0.341. The first-order valence-electron chi connectivity index (χ1n) is 8.25. The van der Waals surface area contributed by atoms with Crippen LogP contribution in [-0.4, -0.2) is 25.9 Å². The van der Waals surface area contributed by atoms with Crippen molar-refractivity contribution in [2.75, 3.05) is 11.9 Å². The van der Waals surface area contributed by atoms with E-state index in [9.17, 15) is 13.2 Å². The Morgan fingerprint density at radius 2 is 2.00 bits per heavy atom. The van der Waals surface area contributed by atoms with Crippen LogP contribution in [0.15, 0.2) is 59.8 Å². The van der Waals surface area contributed by atoms with Crippen molar-refractivity contribution in [3.63, 3.8) is 0 Å². The van der Waals surface area contributed by atoms with E-state index in [4.69, 9.17) is 11.6 Å². The maximum atomic E-state index is 13.2. The molecule has 0 fully saturated rings. The van der Waals surface area contributed by atoms with Crippen LogP contribution in [0.25, 0.3) is 10.8 Å². The second-order valence-corrected chi connectivity index (χ2v) is 8.83. The smallest absolute Gasteiger partial charge is 0.240 e. The minimum absolute atomic E-state index is 0.0619. The number of carbonyl (C=O) groups excluding carboxylic acids is 1. The molecule has 1 aromatic heterocycles. The SMILES string of the molecule is C[C@@]1(C(=O)Nc2cncc3ccccc23)CNS(=O)(=O)c2ccc(Cl)cc21. The Balaban J connectivity index is 1.79. The fourth-order valence-corrected chi connectivity index (χ4v) is 4.89. The summed E-state index contributed by atoms with van der Waals surface area (Å²) < 4.78 is 27.1. The van der Waals surface area contributed by atoms with Crippen LogP contribution in [0, 0.1) is 0 Å². The molecule has 138 valence electrons. The van der Waals surface area contributed by atoms with Crippen LogP contribution in [0.1, 0.15) is 12.5 Å². The molecular formula is C19H16ClN3O3S. The third kappa shape index (κ3) is 2.97. The zero-order valence-electron chi connectivity index (χ0n) is 14.4. The fourth-order valence-electron chi connectivity index (χ4n) is 3.26. The van der Waals surface area contributed by atoms with Crippen LogP contribution in [-0.2, 0) is 20.2 Å². The van der Waals surface area contributed by atoms with E-state index < -0.39 is 15.4 Å². The van der Waals surface area contributed by atoms with Crippen LogP contribution in [0.3, 0.4) is 0 Å². The van der Waals surface area contributed by atoms with Gasteiger partial charge in [-0.25, -0.2) is 13.1 Å². The number of sulfonamides is 1. The van der Waals surface area contributed by atoms with Gasteiger partial charge >= 0.3 is 0 Å². The predicted octanol–water partition coefficient (Wildman–Crippen LogP) is 3.08. The fraction of sp³-hybridized carbons (Fsp3) is 0.158. The van der Waals surface area contributed by atoms with Crippen molar-refractivity contribution in [3.8, 4) is 0 Å². The number of hydrogen-bond donors (Lipinski definition) is 2. The van der Waals surface area contributed by atoms with Gasteiger partial charge in [0.25, 0.3) is 0 Å². The molecule has 6 nitrogen and oxygen atoms in total. The lowest BCUT2D eigenvalue weighted by molar-refractivity contribution is -0.120. The summed E-state index contributed by atoms with van der Waals surface area (Å²) in [5, 5.41) is 5.03. The summed E-state index contributed by atoms with van der Waals surface area (Å²) in [6.45, 7) is 1.63. The van der Waals surface area contributed by atoms with E-state index in [1.54, 1.807) is 19.3 Å². The Morgan fingerprint density at radius 1 is 1.22 bits per heavy atom. The van der Waals surface area contributed by atoms with Gasteiger partial charge in [0, 0.05) is 28.5 Å². The molecule has 1 amide bonds. The van der Waals surface area contributed by atoms with Crippen LogP contribution in [0.4, 0.5) is 5.69 Å². The van der Waals surface area contributed by atoms with Gasteiger partial charge in [0.1, 0.15) is 0 Å². The number of pyridine rings is 1. The third-order valence-electron chi connectivity index (χ3n) is 4.86. The first kappa shape index (κ1) is 17.9. The van der Waals surface area contributed by atoms with Gasteiger partial charge in [0.2, 0.25) is 15.9 Å². The molecule has 2 N–H and O–H groups in total. The van der Waals surface area contributed by atoms with Gasteiger partial charge in [-0.15, -0.1) is 0 Å². The first-order chi connectivity index (χ1) is 12.8. The van der Waals surface area contributed by atoms with Crippen molar-refractivity contribution < 1.29 is 13.2 Å². The number of anilines is 1. The minimum Gasteiger partial charge on any atom is -0.323 e. The van der Waals surface area contributed by atoms with Crippen molar-refractivity contribution in [1.82, 2.24) is 9.71 Å². The highest BCUT2D eigenvalue weighted by Crippen LogP contribution is 2.36. The molecule has 1 aliphatic rings. The molecule has 8 heteroatoms. The zero-order chi connectivity index (χ0) is 19.2. The standard InChI is InChI=1S/C19H16ClN3O3S/c1-19(11-22-27(25,26)17-7-6-13(20)8-15(17)19)18(24)23-16-10-21-9-12-4-2-3-5-14(12)16/h2-10,22H,11H2,1H3,(H,23,24)/t19-/m1/s1. The average Bonchev–Trinajstić information content (AvgIpc) is 2.65. The second kappa shape index (κ2) is 6.30. The van der Waals surface area contributed by atoms with Crippen molar-refractivity contribution >= 4 is 44.0 Å². The Morgan fingerprint density at radius 3 is 2.81 bits per heavy atom. The lowest BCUT2D eigenvalue weighted by Crippen LogP contribution is -2.51. The molecule has 27 heavy (non-hydrogen) atoms. The van der Waals surface area contributed by atoms with E-state index >= 15 is 0 Å². The Kier molecular flexibility index (Phi) is 4.18. The number of carbonyl (C=O) groups is 1. The van der Waals surface area contributed by atoms with Crippen LogP contribution < -0.4 is 10.0 Å². The summed E-state index contributed by atoms with van der Waals surface area (Å²) in [6, 6.07) is 12.0. The molecule has 2 aromatic carbocycles. The van der Waals surface area contributed by atoms with Gasteiger partial charge < -0.3 is 5.32 Å². The second-order valence-electron chi connectivity index (χ2n) is 6.66. The maximum Gasteiger partial charge on any atom is 0.240 e. The predicted molar refractivity (Wildman–Crippen MR) is 104 cm³/mol. The monoisotopic (exact) mass is 401 g/mol. The molecule has 3 aromatic rings. The highest BCUT2D eigenvalue weighted by atomic mass is 35.5. The molecule has 1 atom stereocenters. The molecule has 0 radical (unpaired) electrons. The maximum absolute atomic E-state index is 13.2. The quantitative estimate of drug-likeness (QED) is 0.690. The van der Waals surface area contributed by atoms with Crippen LogP contribution in [0.5, 0.6) is 0 Å². The van der Waals surface area contributed by atoms with E-state index in [2.05, 4.69) is 15.0 Å². The third-order valence-corrected chi connectivity index (χ3v) is 6.55. The lowest BCUT2D eigenvalue weighted by Gasteiger charge is -2.34. The van der Waals surface area contributed by atoms with Gasteiger partial charge in [-0.1, -0.05) is 35.9 Å². The van der Waals surface area contributed by atoms with Crippen molar-refractivity contribution in [2.45, 2.75) is 17.2 Å². The Labute approximate surface area is 161 Å². The summed E-state index contributed by atoms with van der Waals surface area (Å²) in [6.07, 6.45) is 3.30. The lowest BCUT2D eigenvalue weighted by atomic mass is 9.81. The van der Waals surface area contributed by atoms with Crippen molar-refractivity contribution in [1.29, 1.82) is 0 Å². The van der Waals surface area contributed by atoms with E-state index in [0.717, 1.165) is 10.8 Å². The highest BCUT2D eigenvalue weighted by molar-refractivity contribution is 7.89. The molecular weight excluding hydrogens is 386 g/mol. The first-order valence-corrected chi connectivity index (χ1v) is 10.1. The van der Waals surface area contributed by atoms with Gasteiger partial charge in [0.15, 0.2) is 0 Å². The summed E-state index contributed by atoms with van der Waals surface area (Å²) in [5.41, 5.74) is -0.182. The van der Waals surface area contributed by atoms with Gasteiger partial charge in [-0.05, 0) is 30.7 Å². The molecule has 0 spiro atoms. The topological polar surface area (TPSA) is 88.2 Å². The van der Waals surface area contributed by atoms with Gasteiger partial charge in [-0.3, -0.25) is 9.78 Å². The summed E-state index contributed by atoms with van der Waals surface area (Å²) >= 11 is 6.08. The van der Waals surface area contributed by atoms with Crippen molar-refractivity contribution in [3.05, 3.63) is 65.4 Å². The average molecular weight is 402 g/mol. The van der Waals surface area contributed by atoms with E-state index in [-0.39, 0.29) is 17.3 Å². The molecule has 1 aliphatic heterocycles. The Hall–Kier alpha value is -2.48. The highest BCUT2D eigenvalue weighted by Gasteiger charge is 2.44. The summed E-state index contributed by atoms with van der Waals surface area (Å²) in [7, 11) is -3.67. The number of aromatic nitrogens is 1. The van der Waals surface area contributed by atoms with Gasteiger partial charge in [-0.2, -0.15) is 0 Å². The number of fused-ring (bicyclic) bond motifs is 2. The van der Waals surface area contributed by atoms with Crippen LogP contribution >= 0.6 is 11.6 Å².